The molecule has 0 fully saturated rings. The van der Waals surface area contributed by atoms with Crippen molar-refractivity contribution in [2.45, 2.75) is 25.9 Å². The minimum atomic E-state index is 0.0575. The number of nitrogens with one attached hydrogen (secondary N) is 2. The summed E-state index contributed by atoms with van der Waals surface area (Å²) >= 11 is 5.60. The molecule has 0 saturated heterocycles. The maximum Gasteiger partial charge on any atom is 0.220 e. The fraction of sp³-hybridized carbons (Fsp3) is 0.286. The Morgan fingerprint density at radius 3 is 2.81 bits per heavy atom. The van der Waals surface area contributed by atoms with Gasteiger partial charge in [-0.1, -0.05) is 30.3 Å². The average Bonchev–Trinajstić information content (AvgIpc) is 3.08. The quantitative estimate of drug-likeness (QED) is 0.547. The Hall–Kier alpha value is -2.46. The fourth-order valence-electron chi connectivity index (χ4n) is 2.86. The second-order valence-corrected chi connectivity index (χ2v) is 6.57. The Balaban J connectivity index is 1.56. The van der Waals surface area contributed by atoms with Crippen molar-refractivity contribution in [2.24, 2.45) is 0 Å². The van der Waals surface area contributed by atoms with Crippen LogP contribution in [-0.2, 0) is 17.8 Å². The highest BCUT2D eigenvalue weighted by atomic mass is 35.5. The number of carbonyl (C=O) groups excluding carboxylic acids is 1. The van der Waals surface area contributed by atoms with Crippen molar-refractivity contribution in [1.82, 2.24) is 10.3 Å². The van der Waals surface area contributed by atoms with Crippen LogP contribution < -0.4 is 10.1 Å². The number of hydrogen-bond acceptors (Lipinski definition) is 2. The molecule has 1 amide bonds. The second kappa shape index (κ2) is 9.30. The smallest absolute Gasteiger partial charge is 0.220 e. The van der Waals surface area contributed by atoms with Crippen LogP contribution in [0.25, 0.3) is 10.9 Å². The largest absolute Gasteiger partial charge is 0.489 e. The number of amides is 1. The normalized spacial score (nSPS) is 10.8. The van der Waals surface area contributed by atoms with Crippen molar-refractivity contribution < 1.29 is 9.53 Å². The Morgan fingerprint density at radius 1 is 1.15 bits per heavy atom. The van der Waals surface area contributed by atoms with Crippen LogP contribution >= 0.6 is 11.6 Å². The van der Waals surface area contributed by atoms with Gasteiger partial charge in [-0.25, -0.2) is 0 Å². The molecular formula is C21H23ClN2O2. The Morgan fingerprint density at radius 2 is 2.00 bits per heavy atom. The van der Waals surface area contributed by atoms with Crippen LogP contribution in [0.1, 0.15) is 24.0 Å². The summed E-state index contributed by atoms with van der Waals surface area (Å²) in [4.78, 5) is 14.9. The third kappa shape index (κ3) is 5.02. The van der Waals surface area contributed by atoms with Crippen molar-refractivity contribution in [3.63, 3.8) is 0 Å². The summed E-state index contributed by atoms with van der Waals surface area (Å²) < 4.78 is 5.87. The number of H-pyrrole nitrogens is 1. The number of benzene rings is 2. The highest BCUT2D eigenvalue weighted by molar-refractivity contribution is 6.17. The van der Waals surface area contributed by atoms with E-state index in [0.717, 1.165) is 28.6 Å². The van der Waals surface area contributed by atoms with Crippen molar-refractivity contribution in [3.8, 4) is 5.75 Å². The average molecular weight is 371 g/mol. The summed E-state index contributed by atoms with van der Waals surface area (Å²) in [5.41, 5.74) is 3.37. The van der Waals surface area contributed by atoms with E-state index < -0.39 is 0 Å². The van der Waals surface area contributed by atoms with E-state index in [9.17, 15) is 4.79 Å². The van der Waals surface area contributed by atoms with Gasteiger partial charge in [0.2, 0.25) is 5.91 Å². The van der Waals surface area contributed by atoms with E-state index >= 15 is 0 Å². The van der Waals surface area contributed by atoms with Gasteiger partial charge in [-0.3, -0.25) is 4.79 Å². The lowest BCUT2D eigenvalue weighted by molar-refractivity contribution is -0.121. The van der Waals surface area contributed by atoms with Gasteiger partial charge in [0, 0.05) is 42.0 Å². The number of rotatable bonds is 9. The van der Waals surface area contributed by atoms with E-state index in [1.54, 1.807) is 0 Å². The van der Waals surface area contributed by atoms with Crippen LogP contribution in [0.3, 0.4) is 0 Å². The van der Waals surface area contributed by atoms with Crippen LogP contribution in [0.5, 0.6) is 5.75 Å². The van der Waals surface area contributed by atoms with Crippen LogP contribution in [0.2, 0.25) is 0 Å². The van der Waals surface area contributed by atoms with E-state index in [1.165, 1.54) is 5.56 Å². The van der Waals surface area contributed by atoms with Gasteiger partial charge in [-0.2, -0.15) is 0 Å². The Kier molecular flexibility index (Phi) is 6.56. The van der Waals surface area contributed by atoms with Gasteiger partial charge in [-0.05, 0) is 36.1 Å². The van der Waals surface area contributed by atoms with Crippen LogP contribution in [-0.4, -0.2) is 23.3 Å². The lowest BCUT2D eigenvalue weighted by atomic mass is 10.1. The van der Waals surface area contributed by atoms with E-state index in [0.29, 0.717) is 31.9 Å². The molecule has 0 unspecified atom stereocenters. The summed E-state index contributed by atoms with van der Waals surface area (Å²) in [6.07, 6.45) is 3.99. The molecule has 0 bridgehead atoms. The standard InChI is InChI=1S/C21H23ClN2O2/c22-11-4-7-21(25)23-12-10-17-14-24-20-13-18(8-9-19(17)20)26-15-16-5-2-1-3-6-16/h1-3,5-6,8-9,13-14,24H,4,7,10-12,15H2,(H,23,25). The van der Waals surface area contributed by atoms with Crippen molar-refractivity contribution >= 4 is 28.4 Å². The Labute approximate surface area is 158 Å². The summed E-state index contributed by atoms with van der Waals surface area (Å²) in [7, 11) is 0. The maximum absolute atomic E-state index is 11.6. The molecular weight excluding hydrogens is 348 g/mol. The van der Waals surface area contributed by atoms with Gasteiger partial charge in [0.05, 0.1) is 0 Å². The highest BCUT2D eigenvalue weighted by Gasteiger charge is 2.06. The van der Waals surface area contributed by atoms with Gasteiger partial charge >= 0.3 is 0 Å². The zero-order chi connectivity index (χ0) is 18.2. The number of halogens is 1. The molecule has 1 heterocycles. The molecule has 0 aliphatic heterocycles. The molecule has 1 aromatic heterocycles. The monoisotopic (exact) mass is 370 g/mol. The lowest BCUT2D eigenvalue weighted by Crippen LogP contribution is -2.25. The molecule has 0 atom stereocenters. The minimum Gasteiger partial charge on any atom is -0.489 e. The molecule has 136 valence electrons. The number of aromatic amines is 1. The summed E-state index contributed by atoms with van der Waals surface area (Å²) in [6, 6.07) is 16.2. The van der Waals surface area contributed by atoms with E-state index in [-0.39, 0.29) is 5.91 Å². The van der Waals surface area contributed by atoms with Crippen molar-refractivity contribution in [2.75, 3.05) is 12.4 Å². The van der Waals surface area contributed by atoms with Crippen LogP contribution in [0, 0.1) is 0 Å². The van der Waals surface area contributed by atoms with Gasteiger partial charge in [-0.15, -0.1) is 11.6 Å². The molecule has 3 rings (SSSR count). The maximum atomic E-state index is 11.6. The number of carbonyl (C=O) groups is 1. The first-order valence-electron chi connectivity index (χ1n) is 8.85. The van der Waals surface area contributed by atoms with Gasteiger partial charge < -0.3 is 15.0 Å². The molecule has 2 aromatic carbocycles. The van der Waals surface area contributed by atoms with Gasteiger partial charge in [0.1, 0.15) is 12.4 Å². The molecule has 4 nitrogen and oxygen atoms in total. The molecule has 0 aliphatic rings. The first-order chi connectivity index (χ1) is 12.8. The zero-order valence-electron chi connectivity index (χ0n) is 14.6. The first-order valence-corrected chi connectivity index (χ1v) is 9.39. The third-order valence-electron chi connectivity index (χ3n) is 4.24. The van der Waals surface area contributed by atoms with Gasteiger partial charge in [0.25, 0.3) is 0 Å². The van der Waals surface area contributed by atoms with Crippen molar-refractivity contribution in [3.05, 3.63) is 65.9 Å². The Bertz CT molecular complexity index is 846. The number of ether oxygens (including phenoxy) is 1. The summed E-state index contributed by atoms with van der Waals surface area (Å²) in [5.74, 6) is 1.41. The van der Waals surface area contributed by atoms with Gasteiger partial charge in [0.15, 0.2) is 0 Å². The number of hydrogen-bond donors (Lipinski definition) is 2. The first kappa shape index (κ1) is 18.3. The SMILES string of the molecule is O=C(CCCCl)NCCc1c[nH]c2cc(OCc3ccccc3)ccc12. The molecule has 2 N–H and O–H groups in total. The van der Waals surface area contributed by atoms with Crippen LogP contribution in [0.4, 0.5) is 0 Å². The van der Waals surface area contributed by atoms with Crippen molar-refractivity contribution in [1.29, 1.82) is 0 Å². The molecule has 5 heteroatoms. The lowest BCUT2D eigenvalue weighted by Gasteiger charge is -2.07. The molecule has 3 aromatic rings. The molecule has 0 saturated carbocycles. The summed E-state index contributed by atoms with van der Waals surface area (Å²) in [6.45, 7) is 1.18. The van der Waals surface area contributed by atoms with E-state index in [4.69, 9.17) is 16.3 Å². The molecule has 0 aliphatic carbocycles. The van der Waals surface area contributed by atoms with E-state index in [1.807, 2.05) is 48.7 Å². The predicted molar refractivity (Wildman–Crippen MR) is 106 cm³/mol. The second-order valence-electron chi connectivity index (χ2n) is 6.19. The number of fused-ring (bicyclic) bond motifs is 1. The predicted octanol–water partition coefficient (Wildman–Crippen LogP) is 4.42. The third-order valence-corrected chi connectivity index (χ3v) is 4.51. The topological polar surface area (TPSA) is 54.1 Å². The number of alkyl halides is 1. The molecule has 0 radical (unpaired) electrons. The molecule has 26 heavy (non-hydrogen) atoms. The molecule has 0 spiro atoms. The number of aromatic nitrogens is 1. The zero-order valence-corrected chi connectivity index (χ0v) is 15.4. The van der Waals surface area contributed by atoms with E-state index in [2.05, 4.69) is 16.4 Å². The highest BCUT2D eigenvalue weighted by Crippen LogP contribution is 2.24. The fourth-order valence-corrected chi connectivity index (χ4v) is 2.99. The van der Waals surface area contributed by atoms with Crippen LogP contribution in [0.15, 0.2) is 54.7 Å². The summed E-state index contributed by atoms with van der Waals surface area (Å²) in [5, 5.41) is 4.09. The minimum absolute atomic E-state index is 0.0575.